The molecule has 4 rings (SSSR count). The van der Waals surface area contributed by atoms with Crippen LogP contribution in [0, 0.1) is 16.3 Å². The molecule has 0 aliphatic heterocycles. The summed E-state index contributed by atoms with van der Waals surface area (Å²) in [6.07, 6.45) is 0. The zero-order chi connectivity index (χ0) is 14.0. The van der Waals surface area contributed by atoms with Gasteiger partial charge in [0.05, 0.1) is 5.77 Å². The molecule has 0 fully saturated rings. The molecular weight excluding hydrogens is 625 g/mol. The molecule has 4 aromatic rings. The highest BCUT2D eigenvalue weighted by Gasteiger charge is 2.11. The van der Waals surface area contributed by atoms with Gasteiger partial charge in [-0.1, -0.05) is 0 Å². The maximum atomic E-state index is 2.46. The van der Waals surface area contributed by atoms with Gasteiger partial charge in [-0.3, -0.25) is 0 Å². The Morgan fingerprint density at radius 1 is 0.750 bits per heavy atom. The van der Waals surface area contributed by atoms with Crippen LogP contribution in [-0.4, -0.2) is 0 Å². The lowest BCUT2D eigenvalue weighted by Gasteiger charge is -2.01. The lowest BCUT2D eigenvalue weighted by Crippen LogP contribution is -1.76. The van der Waals surface area contributed by atoms with Gasteiger partial charge in [0.15, 0.2) is 0 Å². The second-order valence-electron chi connectivity index (χ2n) is 4.73. The first-order chi connectivity index (χ1) is 9.54. The number of hydrogen-bond donors (Lipinski definition) is 0. The van der Waals surface area contributed by atoms with E-state index < -0.39 is 0 Å². The Hall–Kier alpha value is 0.810. The van der Waals surface area contributed by atoms with Gasteiger partial charge in [0.25, 0.3) is 0 Å². The number of benzene rings is 2. The van der Waals surface area contributed by atoms with Crippen LogP contribution in [0.2, 0.25) is 0 Å². The number of thiophene rings is 2. The van der Waals surface area contributed by atoms with Crippen LogP contribution in [-0.2, 0) is 0 Å². The van der Waals surface area contributed by atoms with Gasteiger partial charge < -0.3 is 0 Å². The minimum Gasteiger partial charge on any atom is -0.129 e. The van der Waals surface area contributed by atoms with E-state index in [1.807, 2.05) is 22.7 Å². The molecule has 2 aromatic heterocycles. The summed E-state index contributed by atoms with van der Waals surface area (Å²) in [5.41, 5.74) is 1.42. The van der Waals surface area contributed by atoms with Crippen molar-refractivity contribution in [3.05, 3.63) is 39.2 Å². The molecule has 100 valence electrons. The molecule has 0 radical (unpaired) electrons. The molecule has 0 bridgehead atoms. The minimum atomic E-state index is 1.36. The molecule has 0 aliphatic rings. The first-order valence-corrected chi connectivity index (χ1v) is 10.8. The van der Waals surface area contributed by atoms with E-state index in [1.165, 1.54) is 45.8 Å². The van der Waals surface area contributed by atoms with E-state index in [1.54, 1.807) is 0 Å². The highest BCUT2D eigenvalue weighted by molar-refractivity contribution is 14.1. The Labute approximate surface area is 165 Å². The molecule has 0 nitrogen and oxygen atoms in total. The molecule has 0 saturated carbocycles. The first kappa shape index (κ1) is 14.4. The third-order valence-corrected chi connectivity index (χ3v) is 10.7. The lowest BCUT2D eigenvalue weighted by molar-refractivity contribution is 1.57. The Bertz CT molecular complexity index is 918. The minimum absolute atomic E-state index is 1.36. The Morgan fingerprint density at radius 3 is 2.05 bits per heavy atom. The van der Waals surface area contributed by atoms with E-state index >= 15 is 0 Å². The average Bonchev–Trinajstić information content (AvgIpc) is 2.84. The molecule has 0 spiro atoms. The molecule has 0 unspecified atom stereocenters. The topological polar surface area (TPSA) is 0 Å². The lowest BCUT2D eigenvalue weighted by atomic mass is 10.1. The van der Waals surface area contributed by atoms with E-state index in [4.69, 9.17) is 0 Å². The standard InChI is InChI=1S/C15H7I3S2/c1-6-9-2-7-3-10-12(20-15(18)13(10)16)5-8(7)4-11(9)19-14(6)17/h2-5H,1H3. The Balaban J connectivity index is 2.18. The largest absolute Gasteiger partial charge is 0.129 e. The summed E-state index contributed by atoms with van der Waals surface area (Å²) in [5.74, 6) is 0. The SMILES string of the molecule is Cc1c(I)sc2cc3cc4sc(I)c(I)c4cc3cc12. The van der Waals surface area contributed by atoms with Crippen molar-refractivity contribution in [2.45, 2.75) is 6.92 Å². The number of rotatable bonds is 0. The second-order valence-corrected chi connectivity index (χ2v) is 11.5. The van der Waals surface area contributed by atoms with Crippen LogP contribution in [0.1, 0.15) is 5.56 Å². The monoisotopic (exact) mass is 632 g/mol. The zero-order valence-corrected chi connectivity index (χ0v) is 18.4. The van der Waals surface area contributed by atoms with Gasteiger partial charge in [-0.2, -0.15) is 0 Å². The predicted octanol–water partition coefficient (Wildman–Crippen LogP) is 7.39. The third kappa shape index (κ3) is 2.14. The third-order valence-electron chi connectivity index (χ3n) is 3.54. The summed E-state index contributed by atoms with van der Waals surface area (Å²) in [5, 5.41) is 5.52. The number of aryl methyl sites for hydroxylation is 1. The van der Waals surface area contributed by atoms with Gasteiger partial charge in [-0.05, 0) is 121 Å². The summed E-state index contributed by atoms with van der Waals surface area (Å²) in [7, 11) is 0. The molecule has 0 atom stereocenters. The van der Waals surface area contributed by atoms with Crippen molar-refractivity contribution in [1.82, 2.24) is 0 Å². The molecule has 5 heteroatoms. The van der Waals surface area contributed by atoms with Crippen LogP contribution in [0.15, 0.2) is 24.3 Å². The smallest absolute Gasteiger partial charge is 0.0799 e. The first-order valence-electron chi connectivity index (χ1n) is 5.94. The Morgan fingerprint density at radius 2 is 1.30 bits per heavy atom. The van der Waals surface area contributed by atoms with Gasteiger partial charge in [-0.25, -0.2) is 0 Å². The van der Waals surface area contributed by atoms with Crippen LogP contribution >= 0.6 is 90.4 Å². The van der Waals surface area contributed by atoms with Gasteiger partial charge in [0, 0.05) is 18.4 Å². The van der Waals surface area contributed by atoms with Crippen molar-refractivity contribution in [2.75, 3.05) is 0 Å². The van der Waals surface area contributed by atoms with Crippen LogP contribution in [0.3, 0.4) is 0 Å². The molecule has 0 N–H and O–H groups in total. The number of hydrogen-bond acceptors (Lipinski definition) is 2. The van der Waals surface area contributed by atoms with Crippen molar-refractivity contribution in [2.24, 2.45) is 0 Å². The van der Waals surface area contributed by atoms with E-state index in [0.29, 0.717) is 0 Å². The van der Waals surface area contributed by atoms with Crippen molar-refractivity contribution < 1.29 is 0 Å². The van der Waals surface area contributed by atoms with Gasteiger partial charge in [-0.15, -0.1) is 22.7 Å². The van der Waals surface area contributed by atoms with Crippen molar-refractivity contribution in [1.29, 1.82) is 0 Å². The van der Waals surface area contributed by atoms with Crippen LogP contribution < -0.4 is 0 Å². The normalized spacial score (nSPS) is 12.0. The highest BCUT2D eigenvalue weighted by Crippen LogP contribution is 2.39. The molecule has 0 amide bonds. The molecule has 0 saturated heterocycles. The van der Waals surface area contributed by atoms with E-state index in [2.05, 4.69) is 99.0 Å². The van der Waals surface area contributed by atoms with Crippen LogP contribution in [0.25, 0.3) is 30.9 Å². The molecule has 20 heavy (non-hydrogen) atoms. The van der Waals surface area contributed by atoms with Crippen LogP contribution in [0.5, 0.6) is 0 Å². The summed E-state index contributed by atoms with van der Waals surface area (Å²) >= 11 is 11.1. The number of fused-ring (bicyclic) bond motifs is 3. The van der Waals surface area contributed by atoms with E-state index in [0.717, 1.165) is 0 Å². The number of halogens is 3. The van der Waals surface area contributed by atoms with Crippen LogP contribution in [0.4, 0.5) is 0 Å². The quantitative estimate of drug-likeness (QED) is 0.178. The molecular formula is C15H7I3S2. The summed E-state index contributed by atoms with van der Waals surface area (Å²) < 4.78 is 6.98. The average molecular weight is 632 g/mol. The highest BCUT2D eigenvalue weighted by atomic mass is 127. The van der Waals surface area contributed by atoms with E-state index in [9.17, 15) is 0 Å². The molecule has 2 aromatic carbocycles. The van der Waals surface area contributed by atoms with Crippen molar-refractivity contribution >= 4 is 121 Å². The van der Waals surface area contributed by atoms with Crippen molar-refractivity contribution in [3.8, 4) is 0 Å². The summed E-state index contributed by atoms with van der Waals surface area (Å²) in [6.45, 7) is 2.22. The zero-order valence-electron chi connectivity index (χ0n) is 10.3. The fraction of sp³-hybridized carbons (Fsp3) is 0.0667. The maximum Gasteiger partial charge on any atom is 0.0799 e. The summed E-state index contributed by atoms with van der Waals surface area (Å²) in [6, 6.07) is 9.41. The van der Waals surface area contributed by atoms with Gasteiger partial charge in [0.2, 0.25) is 0 Å². The Kier molecular flexibility index (Phi) is 3.73. The molecule has 2 heterocycles. The summed E-state index contributed by atoms with van der Waals surface area (Å²) in [4.78, 5) is 0. The fourth-order valence-electron chi connectivity index (χ4n) is 2.47. The van der Waals surface area contributed by atoms with Gasteiger partial charge in [0.1, 0.15) is 0 Å². The van der Waals surface area contributed by atoms with Crippen molar-refractivity contribution in [3.63, 3.8) is 0 Å². The van der Waals surface area contributed by atoms with Gasteiger partial charge >= 0.3 is 0 Å². The molecule has 0 aliphatic carbocycles. The predicted molar refractivity (Wildman–Crippen MR) is 118 cm³/mol. The van der Waals surface area contributed by atoms with E-state index in [-0.39, 0.29) is 0 Å². The fourth-order valence-corrected chi connectivity index (χ4v) is 7.25. The maximum absolute atomic E-state index is 2.46. The second kappa shape index (κ2) is 5.17.